The van der Waals surface area contributed by atoms with Crippen LogP contribution >= 0.6 is 0 Å². The van der Waals surface area contributed by atoms with Crippen molar-refractivity contribution in [2.75, 3.05) is 32.7 Å². The highest BCUT2D eigenvalue weighted by Gasteiger charge is 2.28. The highest BCUT2D eigenvalue weighted by Crippen LogP contribution is 2.25. The largest absolute Gasteiger partial charge is 0.441 e. The maximum Gasteiger partial charge on any atom is 0.405 e. The standard InChI is InChI=1S/C23H29N5O2/c1-17(15-21(30-23(24)29)18-7-3-2-4-8-18)27-11-13-28(14-12-27)22-16-25-19-9-5-6-10-20(19)26-22/h2-10,17,21-22H,11-16H2,1H3,(H2,24,29). The maximum absolute atomic E-state index is 11.4. The summed E-state index contributed by atoms with van der Waals surface area (Å²) in [5.74, 6) is 0. The molecule has 7 nitrogen and oxygen atoms in total. The molecule has 0 radical (unpaired) electrons. The first-order valence-electron chi connectivity index (χ1n) is 10.6. The van der Waals surface area contributed by atoms with Gasteiger partial charge in [-0.15, -0.1) is 0 Å². The first-order chi connectivity index (χ1) is 14.6. The average Bonchev–Trinajstić information content (AvgIpc) is 2.78. The smallest absolute Gasteiger partial charge is 0.405 e. The lowest BCUT2D eigenvalue weighted by Crippen LogP contribution is -2.54. The van der Waals surface area contributed by atoms with Crippen LogP contribution < -0.4 is 16.4 Å². The Labute approximate surface area is 176 Å². The highest BCUT2D eigenvalue weighted by molar-refractivity contribution is 5.65. The Morgan fingerprint density at radius 2 is 1.73 bits per heavy atom. The van der Waals surface area contributed by atoms with Crippen molar-refractivity contribution < 1.29 is 9.53 Å². The number of primary amides is 1. The molecule has 2 N–H and O–H groups in total. The third kappa shape index (κ3) is 4.86. The number of hydrogen-bond donors (Lipinski definition) is 1. The molecule has 2 heterocycles. The Morgan fingerprint density at radius 3 is 2.43 bits per heavy atom. The number of ether oxygens (including phenoxy) is 1. The zero-order chi connectivity index (χ0) is 20.9. The number of amides is 1. The Kier molecular flexibility index (Phi) is 6.40. The van der Waals surface area contributed by atoms with E-state index in [1.54, 1.807) is 0 Å². The van der Waals surface area contributed by atoms with E-state index in [0.29, 0.717) is 6.42 Å². The molecule has 0 saturated carbocycles. The molecule has 2 aromatic rings. The summed E-state index contributed by atoms with van der Waals surface area (Å²) in [7, 11) is 0. The van der Waals surface area contributed by atoms with Gasteiger partial charge in [0.25, 0.3) is 0 Å². The van der Waals surface area contributed by atoms with Crippen LogP contribution in [0.25, 0.3) is 0 Å². The number of rotatable bonds is 6. The topological polar surface area (TPSA) is 83.5 Å². The fourth-order valence-corrected chi connectivity index (χ4v) is 4.28. The van der Waals surface area contributed by atoms with Crippen molar-refractivity contribution >= 4 is 6.09 Å². The minimum Gasteiger partial charge on any atom is -0.441 e. The van der Waals surface area contributed by atoms with Gasteiger partial charge in [0, 0.05) is 38.6 Å². The van der Waals surface area contributed by atoms with E-state index in [9.17, 15) is 4.79 Å². The molecule has 2 aliphatic rings. The van der Waals surface area contributed by atoms with E-state index in [-0.39, 0.29) is 18.3 Å². The number of carbonyl (C=O) groups is 1. The molecular formula is C23H29N5O2. The first-order valence-corrected chi connectivity index (χ1v) is 10.6. The summed E-state index contributed by atoms with van der Waals surface area (Å²) in [6.45, 7) is 6.70. The number of para-hydroxylation sites is 2. The fraction of sp³-hybridized carbons (Fsp3) is 0.435. The minimum atomic E-state index is -0.733. The molecular weight excluding hydrogens is 378 g/mol. The van der Waals surface area contributed by atoms with Crippen molar-refractivity contribution in [3.05, 3.63) is 70.9 Å². The van der Waals surface area contributed by atoms with Crippen LogP contribution in [0.15, 0.2) is 64.6 Å². The molecule has 158 valence electrons. The van der Waals surface area contributed by atoms with Gasteiger partial charge in [-0.05, 0) is 24.6 Å². The monoisotopic (exact) mass is 407 g/mol. The normalized spacial score (nSPS) is 21.6. The molecule has 3 atom stereocenters. The fourth-order valence-electron chi connectivity index (χ4n) is 4.28. The van der Waals surface area contributed by atoms with Crippen LogP contribution in [-0.2, 0) is 4.74 Å². The predicted molar refractivity (Wildman–Crippen MR) is 114 cm³/mol. The van der Waals surface area contributed by atoms with Crippen molar-refractivity contribution in [3.63, 3.8) is 0 Å². The van der Waals surface area contributed by atoms with Crippen LogP contribution in [0.1, 0.15) is 25.0 Å². The van der Waals surface area contributed by atoms with Crippen LogP contribution in [0.3, 0.4) is 0 Å². The molecule has 1 saturated heterocycles. The summed E-state index contributed by atoms with van der Waals surface area (Å²) in [4.78, 5) is 25.9. The van der Waals surface area contributed by atoms with Crippen molar-refractivity contribution in [2.24, 2.45) is 15.7 Å². The Morgan fingerprint density at radius 1 is 1.07 bits per heavy atom. The summed E-state index contributed by atoms with van der Waals surface area (Å²) in [6.07, 6.45) is -0.236. The molecule has 30 heavy (non-hydrogen) atoms. The summed E-state index contributed by atoms with van der Waals surface area (Å²) in [6, 6.07) is 18.1. The lowest BCUT2D eigenvalue weighted by Gasteiger charge is -2.41. The number of fused-ring (bicyclic) bond motifs is 1. The maximum atomic E-state index is 11.4. The number of hydrogen-bond acceptors (Lipinski definition) is 6. The number of piperazine rings is 1. The lowest BCUT2D eigenvalue weighted by atomic mass is 10.0. The zero-order valence-electron chi connectivity index (χ0n) is 17.4. The number of nitrogens with zero attached hydrogens (tertiary/aromatic N) is 4. The Bertz CT molecular complexity index is 973. The van der Waals surface area contributed by atoms with Crippen molar-refractivity contribution in [3.8, 4) is 0 Å². The van der Waals surface area contributed by atoms with Gasteiger partial charge < -0.3 is 10.5 Å². The van der Waals surface area contributed by atoms with Crippen LogP contribution in [0.4, 0.5) is 4.79 Å². The van der Waals surface area contributed by atoms with Gasteiger partial charge in [0.2, 0.25) is 0 Å². The van der Waals surface area contributed by atoms with Crippen LogP contribution in [-0.4, -0.2) is 60.8 Å². The van der Waals surface area contributed by atoms with E-state index < -0.39 is 6.09 Å². The quantitative estimate of drug-likeness (QED) is 0.787. The molecule has 4 rings (SSSR count). The summed E-state index contributed by atoms with van der Waals surface area (Å²) in [5, 5.41) is 1.97. The van der Waals surface area contributed by atoms with Crippen LogP contribution in [0.5, 0.6) is 0 Å². The number of carbonyl (C=O) groups excluding carboxylic acids is 1. The number of benzene rings is 2. The van der Waals surface area contributed by atoms with Gasteiger partial charge >= 0.3 is 6.09 Å². The molecule has 0 bridgehead atoms. The average molecular weight is 408 g/mol. The van der Waals surface area contributed by atoms with Gasteiger partial charge in [-0.1, -0.05) is 42.5 Å². The van der Waals surface area contributed by atoms with E-state index in [0.717, 1.165) is 49.0 Å². The molecule has 0 aliphatic carbocycles. The van der Waals surface area contributed by atoms with Gasteiger partial charge in [-0.2, -0.15) is 0 Å². The number of nitrogens with two attached hydrogens (primary N) is 1. The molecule has 1 fully saturated rings. The van der Waals surface area contributed by atoms with Gasteiger partial charge in [-0.25, -0.2) is 4.79 Å². The molecule has 0 spiro atoms. The second-order valence-electron chi connectivity index (χ2n) is 7.93. The van der Waals surface area contributed by atoms with Crippen LogP contribution in [0.2, 0.25) is 0 Å². The van der Waals surface area contributed by atoms with E-state index in [2.05, 4.69) is 16.7 Å². The zero-order valence-corrected chi connectivity index (χ0v) is 17.4. The van der Waals surface area contributed by atoms with E-state index >= 15 is 0 Å². The third-order valence-electron chi connectivity index (χ3n) is 5.97. The van der Waals surface area contributed by atoms with E-state index in [1.807, 2.05) is 54.6 Å². The Balaban J connectivity index is 1.35. The SMILES string of the molecule is CC(CC(OC(N)=O)c1ccccc1)N1CCN(C2CN=c3ccccc3=N2)CC1. The molecule has 1 amide bonds. The Hall–Kier alpha value is -2.77. The van der Waals surface area contributed by atoms with Gasteiger partial charge in [0.1, 0.15) is 12.3 Å². The van der Waals surface area contributed by atoms with E-state index in [4.69, 9.17) is 20.5 Å². The first kappa shape index (κ1) is 20.5. The van der Waals surface area contributed by atoms with Gasteiger partial charge in [0.15, 0.2) is 0 Å². The third-order valence-corrected chi connectivity index (χ3v) is 5.97. The molecule has 7 heteroatoms. The molecule has 3 unspecified atom stereocenters. The van der Waals surface area contributed by atoms with Crippen molar-refractivity contribution in [1.82, 2.24) is 9.80 Å². The predicted octanol–water partition coefficient (Wildman–Crippen LogP) is 1.50. The molecule has 0 aromatic heterocycles. The minimum absolute atomic E-state index is 0.118. The highest BCUT2D eigenvalue weighted by atomic mass is 16.6. The summed E-state index contributed by atoms with van der Waals surface area (Å²) < 4.78 is 5.42. The van der Waals surface area contributed by atoms with Gasteiger partial charge in [0.05, 0.1) is 17.3 Å². The van der Waals surface area contributed by atoms with Crippen LogP contribution in [0, 0.1) is 0 Å². The van der Waals surface area contributed by atoms with Crippen molar-refractivity contribution in [1.29, 1.82) is 0 Å². The van der Waals surface area contributed by atoms with Gasteiger partial charge in [-0.3, -0.25) is 19.8 Å². The van der Waals surface area contributed by atoms with Crippen molar-refractivity contribution in [2.45, 2.75) is 31.7 Å². The molecule has 2 aliphatic heterocycles. The van der Waals surface area contributed by atoms with E-state index in [1.165, 1.54) is 0 Å². The molecule has 2 aromatic carbocycles. The lowest BCUT2D eigenvalue weighted by molar-refractivity contribution is 0.0441. The summed E-state index contributed by atoms with van der Waals surface area (Å²) >= 11 is 0. The second-order valence-corrected chi connectivity index (χ2v) is 7.93. The second kappa shape index (κ2) is 9.36. The summed E-state index contributed by atoms with van der Waals surface area (Å²) in [5.41, 5.74) is 6.29.